The van der Waals surface area contributed by atoms with Gasteiger partial charge < -0.3 is 14.8 Å². The number of ether oxygens (including phenoxy) is 2. The van der Waals surface area contributed by atoms with Gasteiger partial charge >= 0.3 is 12.1 Å². The molecule has 5 nitrogen and oxygen atoms in total. The van der Waals surface area contributed by atoms with Crippen molar-refractivity contribution in [3.05, 3.63) is 0 Å². The van der Waals surface area contributed by atoms with Crippen LogP contribution in [0.5, 0.6) is 0 Å². The zero-order valence-electron chi connectivity index (χ0n) is 10.1. The Hall–Kier alpha value is -0.910. The van der Waals surface area contributed by atoms with E-state index in [-0.39, 0.29) is 12.4 Å². The number of nitrogens with one attached hydrogen (secondary N) is 1. The summed E-state index contributed by atoms with van der Waals surface area (Å²) in [5, 5.41) is 2.40. The summed E-state index contributed by atoms with van der Waals surface area (Å²) in [5.41, 5.74) is -0.597. The van der Waals surface area contributed by atoms with Gasteiger partial charge in [-0.25, -0.2) is 9.59 Å². The molecular weight excluding hydrogens is 230 g/mol. The second-order valence-electron chi connectivity index (χ2n) is 4.13. The van der Waals surface area contributed by atoms with Crippen LogP contribution in [0.1, 0.15) is 27.7 Å². The van der Waals surface area contributed by atoms with E-state index in [1.165, 1.54) is 0 Å². The third-order valence-corrected chi connectivity index (χ3v) is 1.81. The fraction of sp³-hybridized carbons (Fsp3) is 0.800. The maximum absolute atomic E-state index is 11.4. The molecule has 0 saturated heterocycles. The Kier molecular flexibility index (Phi) is 6.25. The van der Waals surface area contributed by atoms with Gasteiger partial charge in [0, 0.05) is 5.75 Å². The molecular formula is C10H19NO4S. The lowest BCUT2D eigenvalue weighted by Crippen LogP contribution is -2.45. The molecule has 0 aromatic heterocycles. The number of carbonyl (C=O) groups is 2. The highest BCUT2D eigenvalue weighted by Gasteiger charge is 2.23. The van der Waals surface area contributed by atoms with E-state index in [0.29, 0.717) is 0 Å². The molecule has 0 unspecified atom stereocenters. The number of hydrogen-bond donors (Lipinski definition) is 2. The van der Waals surface area contributed by atoms with Crippen LogP contribution >= 0.6 is 12.6 Å². The van der Waals surface area contributed by atoms with Crippen LogP contribution in [-0.4, -0.2) is 36.1 Å². The van der Waals surface area contributed by atoms with Gasteiger partial charge in [-0.15, -0.1) is 0 Å². The zero-order valence-corrected chi connectivity index (χ0v) is 11.0. The van der Waals surface area contributed by atoms with Gasteiger partial charge in [-0.3, -0.25) is 0 Å². The third kappa shape index (κ3) is 6.55. The summed E-state index contributed by atoms with van der Waals surface area (Å²) in [4.78, 5) is 22.7. The van der Waals surface area contributed by atoms with E-state index in [0.717, 1.165) is 0 Å². The highest BCUT2D eigenvalue weighted by molar-refractivity contribution is 7.80. The van der Waals surface area contributed by atoms with Gasteiger partial charge in [0.1, 0.15) is 11.6 Å². The fourth-order valence-electron chi connectivity index (χ4n) is 0.872. The van der Waals surface area contributed by atoms with Gasteiger partial charge in [-0.05, 0) is 27.7 Å². The summed E-state index contributed by atoms with van der Waals surface area (Å²) < 4.78 is 9.77. The highest BCUT2D eigenvalue weighted by Crippen LogP contribution is 2.07. The van der Waals surface area contributed by atoms with E-state index in [4.69, 9.17) is 9.47 Å². The van der Waals surface area contributed by atoms with Crippen LogP contribution in [0.3, 0.4) is 0 Å². The lowest BCUT2D eigenvalue weighted by molar-refractivity contribution is -0.144. The van der Waals surface area contributed by atoms with E-state index in [2.05, 4.69) is 17.9 Å². The summed E-state index contributed by atoms with van der Waals surface area (Å²) >= 11 is 3.96. The van der Waals surface area contributed by atoms with Crippen molar-refractivity contribution in [2.75, 3.05) is 12.4 Å². The van der Waals surface area contributed by atoms with Crippen LogP contribution in [-0.2, 0) is 14.3 Å². The smallest absolute Gasteiger partial charge is 0.408 e. The van der Waals surface area contributed by atoms with E-state index in [1.807, 2.05) is 0 Å². The van der Waals surface area contributed by atoms with E-state index >= 15 is 0 Å². The van der Waals surface area contributed by atoms with Gasteiger partial charge in [0.25, 0.3) is 0 Å². The molecule has 0 radical (unpaired) electrons. The number of amides is 1. The average molecular weight is 249 g/mol. The summed E-state index contributed by atoms with van der Waals surface area (Å²) in [6.45, 7) is 7.19. The summed E-state index contributed by atoms with van der Waals surface area (Å²) in [6.07, 6.45) is -0.653. The van der Waals surface area contributed by atoms with Crippen LogP contribution in [0.2, 0.25) is 0 Å². The Balaban J connectivity index is 4.22. The van der Waals surface area contributed by atoms with Crippen molar-refractivity contribution in [3.8, 4) is 0 Å². The molecule has 1 atom stereocenters. The molecule has 1 N–H and O–H groups in total. The molecule has 1 amide bonds. The van der Waals surface area contributed by atoms with Crippen molar-refractivity contribution >= 4 is 24.7 Å². The molecule has 0 rings (SSSR count). The molecule has 0 aliphatic carbocycles. The van der Waals surface area contributed by atoms with Crippen molar-refractivity contribution in [3.63, 3.8) is 0 Å². The Morgan fingerprint density at radius 3 is 2.31 bits per heavy atom. The van der Waals surface area contributed by atoms with Crippen LogP contribution in [0.4, 0.5) is 4.79 Å². The largest absolute Gasteiger partial charge is 0.464 e. The van der Waals surface area contributed by atoms with Crippen LogP contribution in [0.15, 0.2) is 0 Å². The number of esters is 1. The molecule has 0 spiro atoms. The van der Waals surface area contributed by atoms with Gasteiger partial charge in [0.15, 0.2) is 0 Å². The number of hydrogen-bond acceptors (Lipinski definition) is 5. The second kappa shape index (κ2) is 6.62. The minimum absolute atomic E-state index is 0.165. The quantitative estimate of drug-likeness (QED) is 0.583. The van der Waals surface area contributed by atoms with Crippen LogP contribution in [0.25, 0.3) is 0 Å². The summed E-state index contributed by atoms with van der Waals surface area (Å²) in [7, 11) is 0. The first-order valence-corrected chi connectivity index (χ1v) is 5.70. The van der Waals surface area contributed by atoms with Crippen molar-refractivity contribution in [1.82, 2.24) is 5.32 Å². The maximum Gasteiger partial charge on any atom is 0.408 e. The average Bonchev–Trinajstić information content (AvgIpc) is 2.11. The SMILES string of the molecule is CCOC(=O)[C@H](CS)NC(=O)OC(C)(C)C. The molecule has 0 heterocycles. The predicted octanol–water partition coefficient (Wildman–Crippen LogP) is 1.37. The Morgan fingerprint density at radius 2 is 1.94 bits per heavy atom. The lowest BCUT2D eigenvalue weighted by atomic mass is 10.2. The molecule has 0 aromatic carbocycles. The summed E-state index contributed by atoms with van der Waals surface area (Å²) in [6, 6.07) is -0.780. The molecule has 6 heteroatoms. The Morgan fingerprint density at radius 1 is 1.38 bits per heavy atom. The van der Waals surface area contributed by atoms with Gasteiger partial charge in [-0.2, -0.15) is 12.6 Å². The normalized spacial score (nSPS) is 12.8. The molecule has 0 aromatic rings. The monoisotopic (exact) mass is 249 g/mol. The molecule has 0 saturated carbocycles. The van der Waals surface area contributed by atoms with Gasteiger partial charge in [0.2, 0.25) is 0 Å². The van der Waals surface area contributed by atoms with E-state index < -0.39 is 23.7 Å². The van der Waals surface area contributed by atoms with Gasteiger partial charge in [0.05, 0.1) is 6.61 Å². The first-order chi connectivity index (χ1) is 7.30. The Labute approximate surface area is 101 Å². The number of carbonyl (C=O) groups excluding carboxylic acids is 2. The van der Waals surface area contributed by atoms with Crippen molar-refractivity contribution in [1.29, 1.82) is 0 Å². The van der Waals surface area contributed by atoms with Gasteiger partial charge in [-0.1, -0.05) is 0 Å². The van der Waals surface area contributed by atoms with Crippen LogP contribution in [0, 0.1) is 0 Å². The first kappa shape index (κ1) is 15.1. The molecule has 0 fully saturated rings. The van der Waals surface area contributed by atoms with Crippen molar-refractivity contribution in [2.45, 2.75) is 39.3 Å². The minimum Gasteiger partial charge on any atom is -0.464 e. The molecule has 16 heavy (non-hydrogen) atoms. The second-order valence-corrected chi connectivity index (χ2v) is 4.50. The fourth-order valence-corrected chi connectivity index (χ4v) is 1.11. The summed E-state index contributed by atoms with van der Waals surface area (Å²) in [5.74, 6) is -0.346. The highest BCUT2D eigenvalue weighted by atomic mass is 32.1. The van der Waals surface area contributed by atoms with E-state index in [1.54, 1.807) is 27.7 Å². The van der Waals surface area contributed by atoms with Crippen molar-refractivity contribution < 1.29 is 19.1 Å². The standard InChI is InChI=1S/C10H19NO4S/c1-5-14-8(12)7(6-16)11-9(13)15-10(2,3)4/h7,16H,5-6H2,1-4H3,(H,11,13)/t7-/m0/s1. The number of rotatable bonds is 4. The van der Waals surface area contributed by atoms with Crippen molar-refractivity contribution in [2.24, 2.45) is 0 Å². The van der Waals surface area contributed by atoms with E-state index in [9.17, 15) is 9.59 Å². The third-order valence-electron chi connectivity index (χ3n) is 1.44. The molecule has 0 bridgehead atoms. The first-order valence-electron chi connectivity index (χ1n) is 5.07. The predicted molar refractivity (Wildman–Crippen MR) is 63.6 cm³/mol. The Bertz CT molecular complexity index is 250. The zero-order chi connectivity index (χ0) is 12.8. The van der Waals surface area contributed by atoms with Crippen LogP contribution < -0.4 is 5.32 Å². The number of alkyl carbamates (subject to hydrolysis) is 1. The molecule has 94 valence electrons. The minimum atomic E-state index is -0.780. The number of thiol groups is 1. The molecule has 0 aliphatic heterocycles. The maximum atomic E-state index is 11.4. The lowest BCUT2D eigenvalue weighted by Gasteiger charge is -2.22. The molecule has 0 aliphatic rings. The topological polar surface area (TPSA) is 64.6 Å².